The third kappa shape index (κ3) is 5.73. The van der Waals surface area contributed by atoms with Crippen LogP contribution in [0.25, 0.3) is 0 Å². The van der Waals surface area contributed by atoms with Gasteiger partial charge in [-0.25, -0.2) is 4.79 Å². The number of thioether (sulfide) groups is 2. The Kier molecular flexibility index (Phi) is 7.07. The van der Waals surface area contributed by atoms with Gasteiger partial charge in [0.15, 0.2) is 0 Å². The van der Waals surface area contributed by atoms with Crippen molar-refractivity contribution < 1.29 is 19.5 Å². The average molecular weight is 306 g/mol. The highest BCUT2D eigenvalue weighted by Gasteiger charge is 2.23. The summed E-state index contributed by atoms with van der Waals surface area (Å²) in [7, 11) is 0. The summed E-state index contributed by atoms with van der Waals surface area (Å²) in [6.07, 6.45) is 2.44. The van der Waals surface area contributed by atoms with Crippen molar-refractivity contribution in [2.45, 2.75) is 18.9 Å². The van der Waals surface area contributed by atoms with E-state index in [0.717, 1.165) is 5.75 Å². The predicted molar refractivity (Wildman–Crippen MR) is 76.6 cm³/mol. The number of amides is 2. The molecule has 0 saturated carbocycles. The van der Waals surface area contributed by atoms with E-state index in [0.29, 0.717) is 25.3 Å². The molecule has 8 heteroatoms. The van der Waals surface area contributed by atoms with Gasteiger partial charge in [0.05, 0.1) is 0 Å². The number of rotatable bonds is 8. The SMILES string of the molecule is CSCC[C@H](NC(=O)CCN1CCSC1=O)C(=O)O. The van der Waals surface area contributed by atoms with Crippen molar-refractivity contribution in [1.29, 1.82) is 0 Å². The van der Waals surface area contributed by atoms with Gasteiger partial charge >= 0.3 is 5.97 Å². The lowest BCUT2D eigenvalue weighted by Crippen LogP contribution is -2.42. The van der Waals surface area contributed by atoms with E-state index in [4.69, 9.17) is 5.11 Å². The number of hydrogen-bond acceptors (Lipinski definition) is 5. The number of carbonyl (C=O) groups excluding carboxylic acids is 2. The summed E-state index contributed by atoms with van der Waals surface area (Å²) in [4.78, 5) is 35.6. The highest BCUT2D eigenvalue weighted by Crippen LogP contribution is 2.17. The third-order valence-electron chi connectivity index (χ3n) is 2.70. The molecule has 0 aromatic rings. The standard InChI is InChI=1S/C11H18N2O4S2/c1-18-6-3-8(10(15)16)12-9(14)2-4-13-5-7-19-11(13)17/h8H,2-7H2,1H3,(H,12,14)(H,15,16)/t8-/m0/s1. The van der Waals surface area contributed by atoms with Gasteiger partial charge in [-0.1, -0.05) is 11.8 Å². The molecule has 6 nitrogen and oxygen atoms in total. The van der Waals surface area contributed by atoms with Crippen LogP contribution in [0.4, 0.5) is 4.79 Å². The molecule has 2 amide bonds. The normalized spacial score (nSPS) is 16.5. The van der Waals surface area contributed by atoms with Crippen LogP contribution in [0.1, 0.15) is 12.8 Å². The second-order valence-corrected chi connectivity index (χ2v) is 6.12. The number of nitrogens with zero attached hydrogens (tertiary/aromatic N) is 1. The summed E-state index contributed by atoms with van der Waals surface area (Å²) in [5.74, 6) is 0.0955. The van der Waals surface area contributed by atoms with Crippen LogP contribution < -0.4 is 5.32 Å². The molecule has 1 aliphatic rings. The summed E-state index contributed by atoms with van der Waals surface area (Å²) in [5.41, 5.74) is 0. The summed E-state index contributed by atoms with van der Waals surface area (Å²) in [6.45, 7) is 1.01. The maximum Gasteiger partial charge on any atom is 0.326 e. The van der Waals surface area contributed by atoms with Gasteiger partial charge in [0, 0.05) is 25.3 Å². The zero-order valence-corrected chi connectivity index (χ0v) is 12.4. The van der Waals surface area contributed by atoms with Gasteiger partial charge in [0.1, 0.15) is 6.04 Å². The molecule has 1 saturated heterocycles. The first kappa shape index (κ1) is 16.2. The molecular weight excluding hydrogens is 288 g/mol. The fourth-order valence-electron chi connectivity index (χ4n) is 1.62. The number of carboxylic acid groups (broad SMARTS) is 1. The Bertz CT molecular complexity index is 352. The minimum Gasteiger partial charge on any atom is -0.480 e. The van der Waals surface area contributed by atoms with E-state index >= 15 is 0 Å². The topological polar surface area (TPSA) is 86.7 Å². The van der Waals surface area contributed by atoms with Gasteiger partial charge in [-0.2, -0.15) is 11.8 Å². The smallest absolute Gasteiger partial charge is 0.326 e. The Balaban J connectivity index is 2.31. The molecule has 1 atom stereocenters. The van der Waals surface area contributed by atoms with E-state index in [2.05, 4.69) is 5.32 Å². The van der Waals surface area contributed by atoms with Gasteiger partial charge in [-0.3, -0.25) is 9.59 Å². The zero-order valence-electron chi connectivity index (χ0n) is 10.8. The molecule has 19 heavy (non-hydrogen) atoms. The Morgan fingerprint density at radius 2 is 2.32 bits per heavy atom. The highest BCUT2D eigenvalue weighted by molar-refractivity contribution is 8.13. The molecule has 0 unspecified atom stereocenters. The Morgan fingerprint density at radius 1 is 1.58 bits per heavy atom. The fourth-order valence-corrected chi connectivity index (χ4v) is 2.95. The van der Waals surface area contributed by atoms with Crippen molar-refractivity contribution in [3.8, 4) is 0 Å². The van der Waals surface area contributed by atoms with Crippen molar-refractivity contribution in [2.24, 2.45) is 0 Å². The van der Waals surface area contributed by atoms with Crippen LogP contribution in [-0.4, -0.2) is 64.0 Å². The van der Waals surface area contributed by atoms with Gasteiger partial charge in [-0.05, 0) is 18.4 Å². The molecule has 1 aliphatic heterocycles. The minimum absolute atomic E-state index is 0.00929. The molecule has 1 rings (SSSR count). The molecule has 0 aliphatic carbocycles. The second kappa shape index (κ2) is 8.31. The first-order chi connectivity index (χ1) is 9.04. The van der Waals surface area contributed by atoms with Gasteiger partial charge in [-0.15, -0.1) is 0 Å². The van der Waals surface area contributed by atoms with Crippen LogP contribution in [0.15, 0.2) is 0 Å². The maximum absolute atomic E-state index is 11.7. The zero-order chi connectivity index (χ0) is 14.3. The van der Waals surface area contributed by atoms with Crippen molar-refractivity contribution in [2.75, 3.05) is 30.9 Å². The molecule has 1 fully saturated rings. The number of carboxylic acids is 1. The molecule has 108 valence electrons. The first-order valence-corrected chi connectivity index (χ1v) is 8.35. The molecular formula is C11H18N2O4S2. The number of aliphatic carboxylic acids is 1. The highest BCUT2D eigenvalue weighted by atomic mass is 32.2. The average Bonchev–Trinajstić information content (AvgIpc) is 2.77. The second-order valence-electron chi connectivity index (χ2n) is 4.09. The van der Waals surface area contributed by atoms with E-state index in [1.165, 1.54) is 23.5 Å². The van der Waals surface area contributed by atoms with E-state index in [9.17, 15) is 14.4 Å². The van der Waals surface area contributed by atoms with Crippen molar-refractivity contribution in [3.63, 3.8) is 0 Å². The van der Waals surface area contributed by atoms with E-state index in [1.807, 2.05) is 6.26 Å². The maximum atomic E-state index is 11.7. The molecule has 0 bridgehead atoms. The molecule has 1 heterocycles. The van der Waals surface area contributed by atoms with Crippen LogP contribution in [-0.2, 0) is 9.59 Å². The quantitative estimate of drug-likeness (QED) is 0.692. The Labute approximate surface area is 120 Å². The monoisotopic (exact) mass is 306 g/mol. The molecule has 0 radical (unpaired) electrons. The lowest BCUT2D eigenvalue weighted by atomic mass is 10.2. The first-order valence-electron chi connectivity index (χ1n) is 5.97. The minimum atomic E-state index is -1.02. The van der Waals surface area contributed by atoms with Crippen LogP contribution >= 0.6 is 23.5 Å². The van der Waals surface area contributed by atoms with Crippen LogP contribution in [0.3, 0.4) is 0 Å². The van der Waals surface area contributed by atoms with Gasteiger partial charge in [0.2, 0.25) is 5.91 Å². The van der Waals surface area contributed by atoms with Crippen molar-refractivity contribution in [1.82, 2.24) is 10.2 Å². The summed E-state index contributed by atoms with van der Waals surface area (Å²) in [5, 5.41) is 11.5. The Hall–Kier alpha value is -0.890. The molecule has 0 spiro atoms. The fraction of sp³-hybridized carbons (Fsp3) is 0.727. The largest absolute Gasteiger partial charge is 0.480 e. The molecule has 0 aromatic heterocycles. The van der Waals surface area contributed by atoms with Crippen LogP contribution in [0.2, 0.25) is 0 Å². The lowest BCUT2D eigenvalue weighted by molar-refractivity contribution is -0.141. The molecule has 0 aromatic carbocycles. The van der Waals surface area contributed by atoms with E-state index < -0.39 is 12.0 Å². The summed E-state index contributed by atoms with van der Waals surface area (Å²) in [6, 6.07) is -0.844. The van der Waals surface area contributed by atoms with E-state index in [1.54, 1.807) is 4.90 Å². The summed E-state index contributed by atoms with van der Waals surface area (Å²) < 4.78 is 0. The lowest BCUT2D eigenvalue weighted by Gasteiger charge is -2.16. The number of nitrogens with one attached hydrogen (secondary N) is 1. The number of hydrogen-bond donors (Lipinski definition) is 2. The van der Waals surface area contributed by atoms with Crippen LogP contribution in [0, 0.1) is 0 Å². The van der Waals surface area contributed by atoms with E-state index in [-0.39, 0.29) is 17.6 Å². The van der Waals surface area contributed by atoms with Crippen molar-refractivity contribution in [3.05, 3.63) is 0 Å². The number of carbonyl (C=O) groups is 3. The van der Waals surface area contributed by atoms with Gasteiger partial charge in [0.25, 0.3) is 5.24 Å². The molecule has 2 N–H and O–H groups in total. The van der Waals surface area contributed by atoms with Crippen LogP contribution in [0.5, 0.6) is 0 Å². The Morgan fingerprint density at radius 3 is 2.84 bits per heavy atom. The summed E-state index contributed by atoms with van der Waals surface area (Å²) >= 11 is 2.78. The predicted octanol–water partition coefficient (Wildman–Crippen LogP) is 0.868. The van der Waals surface area contributed by atoms with Crippen molar-refractivity contribution >= 4 is 40.6 Å². The van der Waals surface area contributed by atoms with Gasteiger partial charge < -0.3 is 15.3 Å². The third-order valence-corrected chi connectivity index (χ3v) is 4.23.